The Morgan fingerprint density at radius 1 is 0.957 bits per heavy atom. The Kier molecular flexibility index (Phi) is 3.55. The lowest BCUT2D eigenvalue weighted by molar-refractivity contribution is -0.393. The first-order valence-electron chi connectivity index (χ1n) is 6.59. The van der Waals surface area contributed by atoms with E-state index in [2.05, 4.69) is 10.3 Å². The number of aromatic nitrogens is 1. The highest BCUT2D eigenvalue weighted by molar-refractivity contribution is 5.84. The molecule has 1 heterocycles. The molecule has 0 unspecified atom stereocenters. The zero-order valence-corrected chi connectivity index (χ0v) is 11.7. The van der Waals surface area contributed by atoms with E-state index >= 15 is 0 Å². The van der Waals surface area contributed by atoms with Crippen LogP contribution in [0.5, 0.6) is 0 Å². The molecule has 0 spiro atoms. The van der Waals surface area contributed by atoms with Gasteiger partial charge < -0.3 is 5.32 Å². The highest BCUT2D eigenvalue weighted by atomic mass is 16.6. The van der Waals surface area contributed by atoms with Gasteiger partial charge in [0.25, 0.3) is 11.4 Å². The molecule has 1 aromatic heterocycles. The van der Waals surface area contributed by atoms with Crippen molar-refractivity contribution in [2.75, 3.05) is 5.32 Å². The Balaban J connectivity index is 2.00. The molecule has 0 aliphatic carbocycles. The molecule has 8 nitrogen and oxygen atoms in total. The highest BCUT2D eigenvalue weighted by Gasteiger charge is 2.19. The maximum Gasteiger partial charge on any atom is 0.299 e. The van der Waals surface area contributed by atoms with E-state index < -0.39 is 9.85 Å². The molecule has 0 radical (unpaired) electrons. The van der Waals surface area contributed by atoms with Gasteiger partial charge in [-0.1, -0.05) is 6.07 Å². The molecular formula is C15H10N4O4. The Bertz CT molecular complexity index is 926. The third-order valence-corrected chi connectivity index (χ3v) is 3.27. The van der Waals surface area contributed by atoms with Crippen LogP contribution in [-0.2, 0) is 0 Å². The fraction of sp³-hybridized carbons (Fsp3) is 0. The normalized spacial score (nSPS) is 10.4. The molecule has 0 atom stereocenters. The van der Waals surface area contributed by atoms with E-state index in [0.29, 0.717) is 5.69 Å². The molecule has 0 bridgehead atoms. The first kappa shape index (κ1) is 14.4. The van der Waals surface area contributed by atoms with E-state index in [4.69, 9.17) is 0 Å². The number of fused-ring (bicyclic) bond motifs is 1. The fourth-order valence-electron chi connectivity index (χ4n) is 2.20. The number of nitrogens with zero attached hydrogens (tertiary/aromatic N) is 3. The largest absolute Gasteiger partial charge is 0.350 e. The maximum absolute atomic E-state index is 11.1. The second-order valence-electron chi connectivity index (χ2n) is 4.75. The monoisotopic (exact) mass is 310 g/mol. The van der Waals surface area contributed by atoms with E-state index in [1.54, 1.807) is 30.5 Å². The van der Waals surface area contributed by atoms with Crippen molar-refractivity contribution in [1.82, 2.24) is 4.98 Å². The summed E-state index contributed by atoms with van der Waals surface area (Å²) in [6, 6.07) is 12.5. The van der Waals surface area contributed by atoms with Crippen LogP contribution in [0.4, 0.5) is 22.7 Å². The summed E-state index contributed by atoms with van der Waals surface area (Å²) in [7, 11) is 0. The van der Waals surface area contributed by atoms with Crippen molar-refractivity contribution in [3.8, 4) is 0 Å². The lowest BCUT2D eigenvalue weighted by Gasteiger charge is -2.08. The van der Waals surface area contributed by atoms with Crippen molar-refractivity contribution in [2.45, 2.75) is 0 Å². The highest BCUT2D eigenvalue weighted by Crippen LogP contribution is 2.31. The molecule has 1 N–H and O–H groups in total. The topological polar surface area (TPSA) is 111 Å². The van der Waals surface area contributed by atoms with Crippen LogP contribution in [0.1, 0.15) is 0 Å². The minimum absolute atomic E-state index is 0.184. The first-order valence-corrected chi connectivity index (χ1v) is 6.59. The third kappa shape index (κ3) is 2.91. The summed E-state index contributed by atoms with van der Waals surface area (Å²) in [6.45, 7) is 0. The molecule has 3 rings (SSSR count). The second kappa shape index (κ2) is 5.68. The molecule has 0 amide bonds. The summed E-state index contributed by atoms with van der Waals surface area (Å²) in [5, 5.41) is 25.7. The zero-order chi connectivity index (χ0) is 16.4. The van der Waals surface area contributed by atoms with Gasteiger partial charge in [-0.25, -0.2) is 0 Å². The van der Waals surface area contributed by atoms with Crippen LogP contribution in [0.15, 0.2) is 54.7 Å². The Morgan fingerprint density at radius 3 is 2.52 bits per heavy atom. The van der Waals surface area contributed by atoms with Gasteiger partial charge in [0.05, 0.1) is 21.4 Å². The van der Waals surface area contributed by atoms with Crippen LogP contribution >= 0.6 is 0 Å². The fourth-order valence-corrected chi connectivity index (χ4v) is 2.20. The van der Waals surface area contributed by atoms with Gasteiger partial charge in [-0.2, -0.15) is 0 Å². The van der Waals surface area contributed by atoms with E-state index in [1.165, 1.54) is 12.1 Å². The van der Waals surface area contributed by atoms with Crippen molar-refractivity contribution in [1.29, 1.82) is 0 Å². The lowest BCUT2D eigenvalue weighted by Crippen LogP contribution is -1.98. The lowest BCUT2D eigenvalue weighted by atomic mass is 10.2. The van der Waals surface area contributed by atoms with E-state index in [9.17, 15) is 20.2 Å². The molecule has 23 heavy (non-hydrogen) atoms. The van der Waals surface area contributed by atoms with Crippen LogP contribution in [0.25, 0.3) is 10.9 Å². The van der Waals surface area contributed by atoms with E-state index in [0.717, 1.165) is 17.0 Å². The van der Waals surface area contributed by atoms with Crippen molar-refractivity contribution in [2.24, 2.45) is 0 Å². The molecular weight excluding hydrogens is 300 g/mol. The summed E-state index contributed by atoms with van der Waals surface area (Å²) in [6.07, 6.45) is 1.68. The Hall–Kier alpha value is -3.55. The number of benzene rings is 2. The van der Waals surface area contributed by atoms with Crippen molar-refractivity contribution in [3.63, 3.8) is 0 Å². The Morgan fingerprint density at radius 2 is 1.78 bits per heavy atom. The number of rotatable bonds is 4. The summed E-state index contributed by atoms with van der Waals surface area (Å²) in [5.74, 6) is 0. The minimum atomic E-state index is -0.668. The van der Waals surface area contributed by atoms with Crippen molar-refractivity contribution < 1.29 is 9.85 Å². The Labute approximate surface area is 129 Å². The molecule has 8 heteroatoms. The number of nitro groups is 2. The molecule has 114 valence electrons. The minimum Gasteiger partial charge on any atom is -0.350 e. The summed E-state index contributed by atoms with van der Waals surface area (Å²) < 4.78 is 0. The molecule has 0 saturated heterocycles. The molecule has 0 aliphatic heterocycles. The van der Waals surface area contributed by atoms with Crippen LogP contribution in [0.2, 0.25) is 0 Å². The maximum atomic E-state index is 11.1. The summed E-state index contributed by atoms with van der Waals surface area (Å²) in [5.41, 5.74) is 0.929. The van der Waals surface area contributed by atoms with Gasteiger partial charge in [-0.05, 0) is 30.3 Å². The smallest absolute Gasteiger partial charge is 0.299 e. The average Bonchev–Trinajstić information content (AvgIpc) is 2.54. The zero-order valence-electron chi connectivity index (χ0n) is 11.7. The van der Waals surface area contributed by atoms with Gasteiger partial charge >= 0.3 is 0 Å². The standard InChI is InChI=1S/C15H10N4O4/c20-18(21)12-4-6-14(15(9-12)19(22)23)17-11-3-5-13-10(8-11)2-1-7-16-13/h1-9,17H. The third-order valence-electron chi connectivity index (χ3n) is 3.27. The second-order valence-corrected chi connectivity index (χ2v) is 4.75. The van der Waals surface area contributed by atoms with Gasteiger partial charge in [0.15, 0.2) is 0 Å². The molecule has 0 aliphatic rings. The predicted molar refractivity (Wildman–Crippen MR) is 84.8 cm³/mol. The first-order chi connectivity index (χ1) is 11.0. The van der Waals surface area contributed by atoms with Crippen LogP contribution in [0.3, 0.4) is 0 Å². The van der Waals surface area contributed by atoms with E-state index in [-0.39, 0.29) is 17.1 Å². The number of non-ortho nitro benzene ring substituents is 1. The number of hydrogen-bond donors (Lipinski definition) is 1. The number of hydrogen-bond acceptors (Lipinski definition) is 6. The van der Waals surface area contributed by atoms with Crippen molar-refractivity contribution in [3.05, 3.63) is 75.0 Å². The number of nitro benzene ring substituents is 2. The van der Waals surface area contributed by atoms with Gasteiger partial charge in [0.2, 0.25) is 0 Å². The number of pyridine rings is 1. The average molecular weight is 310 g/mol. The van der Waals surface area contributed by atoms with E-state index in [1.807, 2.05) is 6.07 Å². The summed E-state index contributed by atoms with van der Waals surface area (Å²) >= 11 is 0. The van der Waals surface area contributed by atoms with Gasteiger partial charge in [0, 0.05) is 23.3 Å². The van der Waals surface area contributed by atoms with Gasteiger partial charge in [-0.3, -0.25) is 25.2 Å². The van der Waals surface area contributed by atoms with Crippen LogP contribution in [-0.4, -0.2) is 14.8 Å². The molecule has 2 aromatic carbocycles. The quantitative estimate of drug-likeness (QED) is 0.579. The van der Waals surface area contributed by atoms with Gasteiger partial charge in [0.1, 0.15) is 5.69 Å². The van der Waals surface area contributed by atoms with Gasteiger partial charge in [-0.15, -0.1) is 0 Å². The molecule has 0 saturated carbocycles. The van der Waals surface area contributed by atoms with Crippen LogP contribution in [0, 0.1) is 20.2 Å². The van der Waals surface area contributed by atoms with Crippen molar-refractivity contribution >= 4 is 33.7 Å². The predicted octanol–water partition coefficient (Wildman–Crippen LogP) is 3.79. The van der Waals surface area contributed by atoms with Crippen LogP contribution < -0.4 is 5.32 Å². The number of nitrogens with one attached hydrogen (secondary N) is 1. The molecule has 0 fully saturated rings. The molecule has 3 aromatic rings. The summed E-state index contributed by atoms with van der Waals surface area (Å²) in [4.78, 5) is 24.8. The SMILES string of the molecule is O=[N+]([O-])c1ccc(Nc2ccc3ncccc3c2)c([N+](=O)[O-])c1. The number of anilines is 2.